The smallest absolute Gasteiger partial charge is 0.255 e. The van der Waals surface area contributed by atoms with Gasteiger partial charge >= 0.3 is 0 Å². The number of carbonyl (C=O) groups is 1. The molecule has 0 heterocycles. The van der Waals surface area contributed by atoms with E-state index in [2.05, 4.69) is 57.4 Å². The van der Waals surface area contributed by atoms with E-state index in [1.54, 1.807) is 24.3 Å². The van der Waals surface area contributed by atoms with Crippen LogP contribution in [0.25, 0.3) is 25.3 Å². The fourth-order valence-electron chi connectivity index (χ4n) is 1.87. The van der Waals surface area contributed by atoms with E-state index in [0.717, 1.165) is 20.9 Å². The Morgan fingerprint density at radius 2 is 1.58 bits per heavy atom. The number of amides is 1. The fraction of sp³-hybridized carbons (Fsp3) is 0.0870. The zero-order valence-corrected chi connectivity index (χ0v) is 16.5. The third-order valence-corrected chi connectivity index (χ3v) is 3.32. The zero-order valence-electron chi connectivity index (χ0n) is 15.6. The Labute approximate surface area is 161 Å². The lowest BCUT2D eigenvalue weighted by Crippen LogP contribution is -2.46. The van der Waals surface area contributed by atoms with Gasteiger partial charge in [-0.25, -0.2) is 0 Å². The van der Waals surface area contributed by atoms with Gasteiger partial charge in [0.2, 0.25) is 0 Å². The molecule has 0 saturated heterocycles. The molecule has 1 N–H and O–H groups in total. The minimum atomic E-state index is -0.346. The van der Waals surface area contributed by atoms with Crippen molar-refractivity contribution in [2.45, 2.75) is 13.8 Å². The van der Waals surface area contributed by atoms with E-state index in [0.29, 0.717) is 16.2 Å². The second kappa shape index (κ2) is 11.7. The normalized spacial score (nSPS) is 11.5. The topological polar surface area (TPSA) is 29.1 Å². The molecule has 0 saturated carbocycles. The summed E-state index contributed by atoms with van der Waals surface area (Å²) in [6, 6.07) is 3.76. The fourth-order valence-corrected chi connectivity index (χ4v) is 1.94. The number of benzene rings is 1. The average molecular weight is 366 g/mol. The van der Waals surface area contributed by atoms with Crippen molar-refractivity contribution in [3.8, 4) is 0 Å². The van der Waals surface area contributed by atoms with E-state index in [1.165, 1.54) is 0 Å². The summed E-state index contributed by atoms with van der Waals surface area (Å²) >= 11 is 4.03. The molecule has 1 amide bonds. The molecule has 26 heavy (non-hydrogen) atoms. The Kier molecular flexibility index (Phi) is 10.5. The number of nitrogens with one attached hydrogen (secondary N) is 1. The Morgan fingerprint density at radius 3 is 2.12 bits per heavy atom. The van der Waals surface area contributed by atoms with Crippen LogP contribution >= 0.6 is 12.6 Å². The van der Waals surface area contributed by atoms with Crippen molar-refractivity contribution in [1.29, 1.82) is 0 Å². The van der Waals surface area contributed by atoms with Crippen molar-refractivity contribution in [2.75, 3.05) is 0 Å². The van der Waals surface area contributed by atoms with E-state index in [4.69, 9.17) is 0 Å². The van der Waals surface area contributed by atoms with Gasteiger partial charge in [-0.1, -0.05) is 77.6 Å². The first-order chi connectivity index (χ1) is 12.3. The van der Waals surface area contributed by atoms with Crippen LogP contribution in [0.2, 0.25) is 0 Å². The summed E-state index contributed by atoms with van der Waals surface area (Å²) in [7, 11) is 0. The highest BCUT2D eigenvalue weighted by molar-refractivity contribution is 7.84. The lowest BCUT2D eigenvalue weighted by atomic mass is 10.1. The number of thiol groups is 1. The molecule has 2 nitrogen and oxygen atoms in total. The zero-order chi connectivity index (χ0) is 20.3. The maximum Gasteiger partial charge on any atom is 0.255 e. The largest absolute Gasteiger partial charge is 0.323 e. The first-order valence-corrected chi connectivity index (χ1v) is 8.57. The van der Waals surface area contributed by atoms with Gasteiger partial charge in [0, 0.05) is 11.3 Å². The molecule has 0 bridgehead atoms. The molecular weight excluding hydrogens is 338 g/mol. The van der Waals surface area contributed by atoms with Crippen LogP contribution in [0.5, 0.6) is 0 Å². The number of hydrogen-bond acceptors (Lipinski definition) is 2. The predicted molar refractivity (Wildman–Crippen MR) is 120 cm³/mol. The second-order valence-corrected chi connectivity index (χ2v) is 5.65. The number of allylic oxidation sites excluding steroid dienone is 3. The van der Waals surface area contributed by atoms with Crippen molar-refractivity contribution in [2.24, 2.45) is 0 Å². The summed E-state index contributed by atoms with van der Waals surface area (Å²) < 4.78 is 0. The van der Waals surface area contributed by atoms with Gasteiger partial charge in [-0.15, -0.1) is 12.6 Å². The van der Waals surface area contributed by atoms with Crippen molar-refractivity contribution in [1.82, 2.24) is 5.32 Å². The van der Waals surface area contributed by atoms with Crippen LogP contribution in [0.15, 0.2) is 72.9 Å². The second-order valence-electron chi connectivity index (χ2n) is 5.08. The van der Waals surface area contributed by atoms with E-state index < -0.39 is 0 Å². The van der Waals surface area contributed by atoms with Gasteiger partial charge < -0.3 is 5.32 Å². The third kappa shape index (κ3) is 7.41. The molecule has 0 radical (unpaired) electrons. The Morgan fingerprint density at radius 1 is 1.04 bits per heavy atom. The molecule has 0 unspecified atom stereocenters. The number of rotatable bonds is 6. The molecule has 0 spiro atoms. The van der Waals surface area contributed by atoms with Gasteiger partial charge in [0.1, 0.15) is 0 Å². The summed E-state index contributed by atoms with van der Waals surface area (Å²) in [5, 5.41) is 5.89. The van der Waals surface area contributed by atoms with Crippen LogP contribution in [-0.2, 0) is 4.79 Å². The summed E-state index contributed by atoms with van der Waals surface area (Å²) in [6.45, 7) is 26.8. The van der Waals surface area contributed by atoms with E-state index in [1.807, 2.05) is 32.1 Å². The molecule has 136 valence electrons. The predicted octanol–water partition coefficient (Wildman–Crippen LogP) is 2.47. The lowest BCUT2D eigenvalue weighted by Gasteiger charge is -2.04. The monoisotopic (exact) mass is 365 g/mol. The summed E-state index contributed by atoms with van der Waals surface area (Å²) in [6.07, 6.45) is 8.46. The van der Waals surface area contributed by atoms with Crippen molar-refractivity contribution >= 4 is 43.8 Å². The van der Waals surface area contributed by atoms with E-state index in [9.17, 15) is 4.79 Å². The number of carbonyl (C=O) groups excluding carboxylic acids is 1. The Bertz CT molecular complexity index is 965. The SMILES string of the molecule is C=C/C=c1/cc/c(=C/C(=C)C(=O)NC(=C)/C=C\C(=C)S)c(=C)c1=C.CC. The lowest BCUT2D eigenvalue weighted by molar-refractivity contribution is -0.116. The summed E-state index contributed by atoms with van der Waals surface area (Å²) in [5.41, 5.74) is 0.715. The van der Waals surface area contributed by atoms with Crippen molar-refractivity contribution in [3.05, 3.63) is 93.7 Å². The molecule has 1 rings (SSSR count). The van der Waals surface area contributed by atoms with Gasteiger partial charge in [0.15, 0.2) is 0 Å². The molecular formula is C23H27NOS. The molecule has 3 heteroatoms. The number of hydrogen-bond donors (Lipinski definition) is 2. The molecule has 0 aliphatic carbocycles. The van der Waals surface area contributed by atoms with Gasteiger partial charge in [-0.2, -0.15) is 0 Å². The molecule has 0 aliphatic rings. The van der Waals surface area contributed by atoms with Crippen LogP contribution in [0.1, 0.15) is 13.8 Å². The van der Waals surface area contributed by atoms with E-state index in [-0.39, 0.29) is 5.91 Å². The standard InChI is InChI=1S/C21H21NOS.C2H6/c1-7-8-19-11-12-20(18(6)17(19)5)13-14(2)21(23)22-15(3)9-10-16(4)24;1-2/h7-13,24H,1-6H2,(H,22,23);1-2H3/b10-9-,19-8-,20-13-;. The highest BCUT2D eigenvalue weighted by Gasteiger charge is 2.04. The Balaban J connectivity index is 0.00000301. The van der Waals surface area contributed by atoms with Gasteiger partial charge in [0.25, 0.3) is 5.91 Å². The maximum atomic E-state index is 12.1. The molecule has 0 aliphatic heterocycles. The minimum absolute atomic E-state index is 0.291. The first-order valence-electron chi connectivity index (χ1n) is 8.12. The molecule has 0 atom stereocenters. The van der Waals surface area contributed by atoms with Crippen LogP contribution in [0.3, 0.4) is 0 Å². The van der Waals surface area contributed by atoms with Crippen molar-refractivity contribution in [3.63, 3.8) is 0 Å². The molecule has 1 aromatic rings. The Hall–Kier alpha value is -2.78. The first kappa shape index (κ1) is 23.2. The highest BCUT2D eigenvalue weighted by Crippen LogP contribution is 2.01. The van der Waals surface area contributed by atoms with Crippen molar-refractivity contribution < 1.29 is 4.79 Å². The van der Waals surface area contributed by atoms with Gasteiger partial charge in [-0.05, 0) is 44.0 Å². The highest BCUT2D eigenvalue weighted by atomic mass is 32.1. The quantitative estimate of drug-likeness (QED) is 0.453. The molecule has 0 fully saturated rings. The van der Waals surface area contributed by atoms with E-state index >= 15 is 0 Å². The maximum absolute atomic E-state index is 12.1. The van der Waals surface area contributed by atoms with Gasteiger partial charge in [-0.3, -0.25) is 4.79 Å². The van der Waals surface area contributed by atoms with Crippen LogP contribution in [0.4, 0.5) is 0 Å². The van der Waals surface area contributed by atoms with Crippen LogP contribution < -0.4 is 26.2 Å². The van der Waals surface area contributed by atoms with Crippen LogP contribution in [-0.4, -0.2) is 5.91 Å². The van der Waals surface area contributed by atoms with Crippen LogP contribution in [0, 0.1) is 0 Å². The summed E-state index contributed by atoms with van der Waals surface area (Å²) in [4.78, 5) is 12.7. The summed E-state index contributed by atoms with van der Waals surface area (Å²) in [5.74, 6) is -0.346. The van der Waals surface area contributed by atoms with Gasteiger partial charge in [0.05, 0.1) is 0 Å². The average Bonchev–Trinajstić information content (AvgIpc) is 2.61. The molecule has 1 aromatic carbocycles. The molecule has 0 aromatic heterocycles. The minimum Gasteiger partial charge on any atom is -0.323 e. The third-order valence-electron chi connectivity index (χ3n) is 3.17.